The number of nitrogens with zero attached hydrogens (tertiary/aromatic N) is 4. The van der Waals surface area contributed by atoms with Gasteiger partial charge in [0.2, 0.25) is 5.91 Å². The van der Waals surface area contributed by atoms with Gasteiger partial charge in [0.25, 0.3) is 5.91 Å². The Kier molecular flexibility index (Phi) is 6.45. The maximum Gasteiger partial charge on any atom is 0.257 e. The molecule has 2 fully saturated rings. The van der Waals surface area contributed by atoms with E-state index in [9.17, 15) is 9.59 Å². The zero-order valence-electron chi connectivity index (χ0n) is 19.6. The molecule has 2 aromatic carbocycles. The van der Waals surface area contributed by atoms with Crippen molar-refractivity contribution in [1.29, 1.82) is 0 Å². The summed E-state index contributed by atoms with van der Waals surface area (Å²) in [4.78, 5) is 29.7. The molecule has 0 bridgehead atoms. The molecule has 7 nitrogen and oxygen atoms in total. The van der Waals surface area contributed by atoms with Crippen molar-refractivity contribution in [2.75, 3.05) is 32.7 Å². The third-order valence-electron chi connectivity index (χ3n) is 6.47. The van der Waals surface area contributed by atoms with E-state index in [1.807, 2.05) is 65.2 Å². The summed E-state index contributed by atoms with van der Waals surface area (Å²) < 4.78 is 1.86. The topological polar surface area (TPSA) is 70.5 Å². The summed E-state index contributed by atoms with van der Waals surface area (Å²) in [7, 11) is 0. The van der Waals surface area contributed by atoms with Crippen LogP contribution in [0, 0.1) is 6.92 Å². The molecule has 1 aliphatic heterocycles. The second kappa shape index (κ2) is 9.81. The summed E-state index contributed by atoms with van der Waals surface area (Å²) in [5.74, 6) is 0.0862. The van der Waals surface area contributed by atoms with Crippen LogP contribution in [-0.4, -0.2) is 70.2 Å². The average molecular weight is 458 g/mol. The molecule has 1 N–H and O–H groups in total. The third-order valence-corrected chi connectivity index (χ3v) is 6.47. The van der Waals surface area contributed by atoms with E-state index in [1.54, 1.807) is 0 Å². The standard InChI is InChI=1S/C27H31N5O2/c1-20-7-9-22(10-8-20)26-24(18-32(29-26)17-21-5-3-2-4-6-21)27(34)31-15-13-30(14-16-31)19-25(33)28-23-11-12-23/h2-10,18,23H,11-17,19H2,1H3,(H,28,33). The van der Waals surface area contributed by atoms with Crippen LogP contribution < -0.4 is 5.32 Å². The summed E-state index contributed by atoms with van der Waals surface area (Å²) in [6, 6.07) is 18.7. The maximum absolute atomic E-state index is 13.6. The van der Waals surface area contributed by atoms with E-state index >= 15 is 0 Å². The highest BCUT2D eigenvalue weighted by molar-refractivity contribution is 6.00. The van der Waals surface area contributed by atoms with Gasteiger partial charge in [0.05, 0.1) is 18.7 Å². The molecule has 5 rings (SSSR count). The predicted octanol–water partition coefficient (Wildman–Crippen LogP) is 2.94. The van der Waals surface area contributed by atoms with Gasteiger partial charge in [-0.3, -0.25) is 19.2 Å². The van der Waals surface area contributed by atoms with E-state index < -0.39 is 0 Å². The molecule has 176 valence electrons. The Morgan fingerprint density at radius 2 is 1.68 bits per heavy atom. The minimum Gasteiger partial charge on any atom is -0.352 e. The SMILES string of the molecule is Cc1ccc(-c2nn(Cc3ccccc3)cc2C(=O)N2CCN(CC(=O)NC3CC3)CC2)cc1. The number of benzene rings is 2. The van der Waals surface area contributed by atoms with Gasteiger partial charge in [-0.05, 0) is 25.3 Å². The molecule has 2 heterocycles. The predicted molar refractivity (Wildman–Crippen MR) is 131 cm³/mol. The third kappa shape index (κ3) is 5.37. The smallest absolute Gasteiger partial charge is 0.257 e. The van der Waals surface area contributed by atoms with Gasteiger partial charge in [0.15, 0.2) is 0 Å². The normalized spacial score (nSPS) is 16.4. The molecule has 1 aliphatic carbocycles. The van der Waals surface area contributed by atoms with Crippen LogP contribution in [0.1, 0.15) is 34.3 Å². The van der Waals surface area contributed by atoms with Gasteiger partial charge in [-0.15, -0.1) is 0 Å². The van der Waals surface area contributed by atoms with Gasteiger partial charge in [-0.25, -0.2) is 0 Å². The number of piperazine rings is 1. The summed E-state index contributed by atoms with van der Waals surface area (Å²) in [5, 5.41) is 7.86. The Labute approximate surface area is 200 Å². The van der Waals surface area contributed by atoms with Gasteiger partial charge < -0.3 is 10.2 Å². The fourth-order valence-corrected chi connectivity index (χ4v) is 4.34. The molecule has 2 aliphatic rings. The van der Waals surface area contributed by atoms with Crippen molar-refractivity contribution in [3.05, 3.63) is 77.5 Å². The van der Waals surface area contributed by atoms with Crippen LogP contribution in [-0.2, 0) is 11.3 Å². The first-order valence-electron chi connectivity index (χ1n) is 12.0. The Morgan fingerprint density at radius 3 is 2.35 bits per heavy atom. The van der Waals surface area contributed by atoms with Crippen LogP contribution in [0.3, 0.4) is 0 Å². The lowest BCUT2D eigenvalue weighted by Crippen LogP contribution is -2.51. The van der Waals surface area contributed by atoms with Crippen LogP contribution >= 0.6 is 0 Å². The first kappa shape index (κ1) is 22.3. The summed E-state index contributed by atoms with van der Waals surface area (Å²) in [6.45, 7) is 5.66. The summed E-state index contributed by atoms with van der Waals surface area (Å²) in [5.41, 5.74) is 4.59. The van der Waals surface area contributed by atoms with Crippen molar-refractivity contribution in [3.8, 4) is 11.3 Å². The highest BCUT2D eigenvalue weighted by atomic mass is 16.2. The van der Waals surface area contributed by atoms with Crippen LogP contribution in [0.4, 0.5) is 0 Å². The maximum atomic E-state index is 13.6. The molecule has 1 aromatic heterocycles. The lowest BCUT2D eigenvalue weighted by molar-refractivity contribution is -0.122. The summed E-state index contributed by atoms with van der Waals surface area (Å²) in [6.07, 6.45) is 4.06. The van der Waals surface area contributed by atoms with E-state index in [1.165, 1.54) is 5.56 Å². The molecule has 0 spiro atoms. The number of carbonyl (C=O) groups is 2. The second-order valence-corrected chi connectivity index (χ2v) is 9.35. The second-order valence-electron chi connectivity index (χ2n) is 9.35. The molecule has 1 saturated heterocycles. The zero-order valence-corrected chi connectivity index (χ0v) is 19.6. The van der Waals surface area contributed by atoms with E-state index in [2.05, 4.69) is 22.3 Å². The number of hydrogen-bond donors (Lipinski definition) is 1. The minimum absolute atomic E-state index is 0.00281. The molecule has 0 unspecified atom stereocenters. The fraction of sp³-hybridized carbons (Fsp3) is 0.370. The lowest BCUT2D eigenvalue weighted by Gasteiger charge is -2.34. The molecule has 2 amide bonds. The first-order valence-corrected chi connectivity index (χ1v) is 12.0. The summed E-state index contributed by atoms with van der Waals surface area (Å²) >= 11 is 0. The molecule has 0 atom stereocenters. The molecule has 34 heavy (non-hydrogen) atoms. The minimum atomic E-state index is -0.00281. The quantitative estimate of drug-likeness (QED) is 0.592. The Bertz CT molecular complexity index is 1140. The number of hydrogen-bond acceptors (Lipinski definition) is 4. The number of amides is 2. The van der Waals surface area contributed by atoms with Gasteiger partial charge >= 0.3 is 0 Å². The van der Waals surface area contributed by atoms with Crippen molar-refractivity contribution in [2.45, 2.75) is 32.4 Å². The number of aromatic nitrogens is 2. The van der Waals surface area contributed by atoms with Crippen molar-refractivity contribution in [1.82, 2.24) is 24.9 Å². The highest BCUT2D eigenvalue weighted by Gasteiger charge is 2.28. The van der Waals surface area contributed by atoms with Gasteiger partial charge in [-0.2, -0.15) is 5.10 Å². The molecular formula is C27H31N5O2. The highest BCUT2D eigenvalue weighted by Crippen LogP contribution is 2.25. The van der Waals surface area contributed by atoms with Gasteiger partial charge in [0, 0.05) is 44.0 Å². The molecule has 7 heteroatoms. The number of carbonyl (C=O) groups excluding carboxylic acids is 2. The van der Waals surface area contributed by atoms with Crippen LogP contribution in [0.5, 0.6) is 0 Å². The van der Waals surface area contributed by atoms with Crippen molar-refractivity contribution in [3.63, 3.8) is 0 Å². The zero-order chi connectivity index (χ0) is 23.5. The number of nitrogens with one attached hydrogen (secondary N) is 1. The van der Waals surface area contributed by atoms with Gasteiger partial charge in [-0.1, -0.05) is 60.2 Å². The van der Waals surface area contributed by atoms with Gasteiger partial charge in [0.1, 0.15) is 5.69 Å². The first-order chi connectivity index (χ1) is 16.5. The van der Waals surface area contributed by atoms with Crippen LogP contribution in [0.15, 0.2) is 60.8 Å². The van der Waals surface area contributed by atoms with E-state index in [0.29, 0.717) is 56.6 Å². The molecule has 1 saturated carbocycles. The van der Waals surface area contributed by atoms with Crippen molar-refractivity contribution < 1.29 is 9.59 Å². The number of aryl methyl sites for hydroxylation is 1. The van der Waals surface area contributed by atoms with E-state index in [0.717, 1.165) is 24.0 Å². The Morgan fingerprint density at radius 1 is 0.971 bits per heavy atom. The monoisotopic (exact) mass is 457 g/mol. The number of rotatable bonds is 7. The molecule has 0 radical (unpaired) electrons. The Hall–Kier alpha value is -3.45. The van der Waals surface area contributed by atoms with E-state index in [-0.39, 0.29) is 11.8 Å². The van der Waals surface area contributed by atoms with E-state index in [4.69, 9.17) is 5.10 Å². The Balaban J connectivity index is 1.31. The van der Waals surface area contributed by atoms with Crippen LogP contribution in [0.2, 0.25) is 0 Å². The van der Waals surface area contributed by atoms with Crippen molar-refractivity contribution in [2.24, 2.45) is 0 Å². The largest absolute Gasteiger partial charge is 0.352 e. The lowest BCUT2D eigenvalue weighted by atomic mass is 10.1. The van der Waals surface area contributed by atoms with Crippen LogP contribution in [0.25, 0.3) is 11.3 Å². The molecular weight excluding hydrogens is 426 g/mol. The molecule has 3 aromatic rings. The fourth-order valence-electron chi connectivity index (χ4n) is 4.34. The van der Waals surface area contributed by atoms with Crippen molar-refractivity contribution >= 4 is 11.8 Å². The average Bonchev–Trinajstić information content (AvgIpc) is 3.56.